The topological polar surface area (TPSA) is 89.9 Å². The van der Waals surface area contributed by atoms with Crippen LogP contribution in [0.25, 0.3) is 5.82 Å². The van der Waals surface area contributed by atoms with Gasteiger partial charge in [-0.25, -0.2) is 14.6 Å². The Hall–Kier alpha value is -2.35. The first-order valence-corrected chi connectivity index (χ1v) is 5.79. The number of carbonyl (C=O) groups is 1. The molecule has 0 atom stereocenters. The maximum atomic E-state index is 11.7. The molecule has 2 heterocycles. The average molecular weight is 276 g/mol. The van der Waals surface area contributed by atoms with Crippen molar-refractivity contribution in [2.24, 2.45) is 5.73 Å². The number of amides is 1. The van der Waals surface area contributed by atoms with Gasteiger partial charge in [-0.1, -0.05) is 12.2 Å². The molecule has 2 rings (SSSR count). The van der Waals surface area contributed by atoms with E-state index in [1.807, 2.05) is 0 Å². The molecule has 7 nitrogen and oxygen atoms in total. The molecule has 1 amide bonds. The van der Waals surface area contributed by atoms with Gasteiger partial charge in [-0.3, -0.25) is 4.79 Å². The molecule has 0 saturated heterocycles. The summed E-state index contributed by atoms with van der Waals surface area (Å²) in [6, 6.07) is 3.35. The fourth-order valence-electron chi connectivity index (χ4n) is 1.39. The maximum absolute atomic E-state index is 11.7. The molecular formula is C11H12N6OS. The fourth-order valence-corrected chi connectivity index (χ4v) is 1.49. The zero-order valence-electron chi connectivity index (χ0n) is 10.4. The standard InChI is InChI=1S/C11H12N6OS/c1-16(2)11(18)7-3-4-8(13-5-7)17-6-14-10(15-17)9(12)19/h3-6H,1-2H3,(H2,12,19). The molecular weight excluding hydrogens is 264 g/mol. The Morgan fingerprint density at radius 1 is 1.37 bits per heavy atom. The van der Waals surface area contributed by atoms with Crippen LogP contribution in [0.3, 0.4) is 0 Å². The number of thiocarbonyl (C=S) groups is 1. The lowest BCUT2D eigenvalue weighted by Crippen LogP contribution is -2.21. The Balaban J connectivity index is 2.27. The minimum absolute atomic E-state index is 0.110. The van der Waals surface area contributed by atoms with E-state index in [9.17, 15) is 4.79 Å². The lowest BCUT2D eigenvalue weighted by Gasteiger charge is -2.09. The molecule has 2 aromatic heterocycles. The van der Waals surface area contributed by atoms with Gasteiger partial charge in [0.1, 0.15) is 11.3 Å². The molecule has 98 valence electrons. The molecule has 2 aromatic rings. The Labute approximate surface area is 115 Å². The van der Waals surface area contributed by atoms with Crippen LogP contribution in [-0.4, -0.2) is 49.6 Å². The molecule has 0 spiro atoms. The molecule has 0 radical (unpaired) electrons. The van der Waals surface area contributed by atoms with E-state index in [1.54, 1.807) is 26.2 Å². The van der Waals surface area contributed by atoms with E-state index in [0.29, 0.717) is 11.4 Å². The predicted molar refractivity (Wildman–Crippen MR) is 73.1 cm³/mol. The van der Waals surface area contributed by atoms with Gasteiger partial charge in [0.25, 0.3) is 5.91 Å². The highest BCUT2D eigenvalue weighted by Crippen LogP contribution is 2.06. The number of hydrogen-bond acceptors (Lipinski definition) is 5. The summed E-state index contributed by atoms with van der Waals surface area (Å²) in [5.41, 5.74) is 5.93. The van der Waals surface area contributed by atoms with Gasteiger partial charge >= 0.3 is 0 Å². The number of rotatable bonds is 3. The van der Waals surface area contributed by atoms with Crippen molar-refractivity contribution in [1.82, 2.24) is 24.6 Å². The third-order valence-electron chi connectivity index (χ3n) is 2.35. The minimum Gasteiger partial charge on any atom is -0.387 e. The molecule has 8 heteroatoms. The van der Waals surface area contributed by atoms with Crippen LogP contribution >= 0.6 is 12.2 Å². The second kappa shape index (κ2) is 5.11. The minimum atomic E-state index is -0.110. The third-order valence-corrected chi connectivity index (χ3v) is 2.53. The van der Waals surface area contributed by atoms with Gasteiger partial charge in [-0.15, -0.1) is 5.10 Å². The molecule has 19 heavy (non-hydrogen) atoms. The van der Waals surface area contributed by atoms with E-state index < -0.39 is 0 Å². The molecule has 2 N–H and O–H groups in total. The highest BCUT2D eigenvalue weighted by atomic mass is 32.1. The number of nitrogens with zero attached hydrogens (tertiary/aromatic N) is 5. The molecule has 0 aromatic carbocycles. The summed E-state index contributed by atoms with van der Waals surface area (Å²) in [7, 11) is 3.37. The number of carbonyl (C=O) groups excluding carboxylic acids is 1. The SMILES string of the molecule is CN(C)C(=O)c1ccc(-n2cnc(C(N)=S)n2)nc1. The summed E-state index contributed by atoms with van der Waals surface area (Å²) >= 11 is 4.78. The van der Waals surface area contributed by atoms with Crippen LogP contribution in [0.5, 0.6) is 0 Å². The van der Waals surface area contributed by atoms with Crippen molar-refractivity contribution in [1.29, 1.82) is 0 Å². The highest BCUT2D eigenvalue weighted by molar-refractivity contribution is 7.80. The van der Waals surface area contributed by atoms with Crippen molar-refractivity contribution in [2.45, 2.75) is 0 Å². The van der Waals surface area contributed by atoms with E-state index in [4.69, 9.17) is 18.0 Å². The molecule has 0 fully saturated rings. The van der Waals surface area contributed by atoms with Crippen molar-refractivity contribution < 1.29 is 4.79 Å². The van der Waals surface area contributed by atoms with Gasteiger partial charge in [0.15, 0.2) is 5.82 Å². The number of aromatic nitrogens is 4. The van der Waals surface area contributed by atoms with Crippen LogP contribution in [0.2, 0.25) is 0 Å². The average Bonchev–Trinajstić information content (AvgIpc) is 2.87. The number of pyridine rings is 1. The second-order valence-corrected chi connectivity index (χ2v) is 4.42. The van der Waals surface area contributed by atoms with E-state index in [1.165, 1.54) is 22.1 Å². The second-order valence-electron chi connectivity index (χ2n) is 3.98. The van der Waals surface area contributed by atoms with Crippen molar-refractivity contribution in [3.05, 3.63) is 36.0 Å². The molecule has 0 aliphatic rings. The van der Waals surface area contributed by atoms with Crippen LogP contribution in [-0.2, 0) is 0 Å². The molecule has 0 unspecified atom stereocenters. The van der Waals surface area contributed by atoms with Gasteiger partial charge in [-0.05, 0) is 12.1 Å². The molecule has 0 aliphatic heterocycles. The Morgan fingerprint density at radius 2 is 2.11 bits per heavy atom. The van der Waals surface area contributed by atoms with Crippen molar-refractivity contribution in [2.75, 3.05) is 14.1 Å². The predicted octanol–water partition coefficient (Wildman–Crippen LogP) is -0.00170. The lowest BCUT2D eigenvalue weighted by molar-refractivity contribution is 0.0827. The molecule has 0 aliphatic carbocycles. The highest BCUT2D eigenvalue weighted by Gasteiger charge is 2.10. The molecule has 0 saturated carbocycles. The lowest BCUT2D eigenvalue weighted by atomic mass is 10.2. The summed E-state index contributed by atoms with van der Waals surface area (Å²) in [6.07, 6.45) is 2.95. The van der Waals surface area contributed by atoms with E-state index in [-0.39, 0.29) is 16.7 Å². The van der Waals surface area contributed by atoms with Crippen LogP contribution in [0.1, 0.15) is 16.2 Å². The number of hydrogen-bond donors (Lipinski definition) is 1. The van der Waals surface area contributed by atoms with Crippen LogP contribution in [0, 0.1) is 0 Å². The van der Waals surface area contributed by atoms with Crippen molar-refractivity contribution in [3.63, 3.8) is 0 Å². The monoisotopic (exact) mass is 276 g/mol. The summed E-state index contributed by atoms with van der Waals surface area (Å²) in [5.74, 6) is 0.706. The fraction of sp³-hybridized carbons (Fsp3) is 0.182. The van der Waals surface area contributed by atoms with E-state index >= 15 is 0 Å². The van der Waals surface area contributed by atoms with Crippen LogP contribution < -0.4 is 5.73 Å². The van der Waals surface area contributed by atoms with Gasteiger partial charge in [0.2, 0.25) is 5.82 Å². The molecule has 0 bridgehead atoms. The van der Waals surface area contributed by atoms with Gasteiger partial charge in [-0.2, -0.15) is 0 Å². The first kappa shape index (κ1) is 13.1. The summed E-state index contributed by atoms with van der Waals surface area (Å²) in [6.45, 7) is 0. The van der Waals surface area contributed by atoms with Gasteiger partial charge in [0.05, 0.1) is 5.56 Å². The van der Waals surface area contributed by atoms with Gasteiger partial charge in [0, 0.05) is 20.3 Å². The van der Waals surface area contributed by atoms with Crippen LogP contribution in [0.4, 0.5) is 0 Å². The Kier molecular flexibility index (Phi) is 3.52. The van der Waals surface area contributed by atoms with Crippen LogP contribution in [0.15, 0.2) is 24.7 Å². The first-order valence-electron chi connectivity index (χ1n) is 5.38. The summed E-state index contributed by atoms with van der Waals surface area (Å²) in [4.78, 5) is 21.4. The first-order chi connectivity index (χ1) is 8.99. The van der Waals surface area contributed by atoms with Crippen molar-refractivity contribution in [3.8, 4) is 5.82 Å². The largest absolute Gasteiger partial charge is 0.387 e. The smallest absolute Gasteiger partial charge is 0.254 e. The zero-order valence-corrected chi connectivity index (χ0v) is 11.3. The normalized spacial score (nSPS) is 10.2. The number of nitrogens with two attached hydrogens (primary N) is 1. The summed E-state index contributed by atoms with van der Waals surface area (Å²) in [5, 5.41) is 4.07. The summed E-state index contributed by atoms with van der Waals surface area (Å²) < 4.78 is 1.44. The maximum Gasteiger partial charge on any atom is 0.254 e. The zero-order chi connectivity index (χ0) is 14.0. The van der Waals surface area contributed by atoms with Crippen molar-refractivity contribution >= 4 is 23.1 Å². The quantitative estimate of drug-likeness (QED) is 0.794. The third kappa shape index (κ3) is 2.74. The van der Waals surface area contributed by atoms with E-state index in [2.05, 4.69) is 15.1 Å². The van der Waals surface area contributed by atoms with Gasteiger partial charge < -0.3 is 10.6 Å². The Bertz CT molecular complexity index is 618. The Morgan fingerprint density at radius 3 is 2.58 bits per heavy atom. The van der Waals surface area contributed by atoms with E-state index in [0.717, 1.165) is 0 Å².